The first kappa shape index (κ1) is 41.3. The zero-order chi connectivity index (χ0) is 41.8. The van der Waals surface area contributed by atoms with Crippen LogP contribution in [0.15, 0.2) is 48.5 Å². The van der Waals surface area contributed by atoms with Gasteiger partial charge in [-0.2, -0.15) is 0 Å². The number of esters is 1. The van der Waals surface area contributed by atoms with E-state index >= 15 is 0 Å². The maximum atomic E-state index is 13.9. The van der Waals surface area contributed by atoms with Crippen LogP contribution in [0.1, 0.15) is 97.2 Å². The van der Waals surface area contributed by atoms with Crippen LogP contribution in [0, 0.1) is 0 Å². The number of carbonyl (C=O) groups is 2. The van der Waals surface area contributed by atoms with Crippen molar-refractivity contribution in [3.05, 3.63) is 87.5 Å². The number of rotatable bonds is 14. The van der Waals surface area contributed by atoms with Crippen LogP contribution < -0.4 is 5.32 Å². The van der Waals surface area contributed by atoms with Gasteiger partial charge in [0.05, 0.1) is 0 Å². The number of aromatic hydroxyl groups is 8. The molecule has 10 N–H and O–H groups in total. The summed E-state index contributed by atoms with van der Waals surface area (Å²) in [5.74, 6) is -6.94. The summed E-state index contributed by atoms with van der Waals surface area (Å²) in [4.78, 5) is 26.6. The number of phenolic OH excluding ortho intramolecular Hbond substituents is 8. The molecule has 58 heavy (non-hydrogen) atoms. The Morgan fingerprint density at radius 1 is 0.759 bits per heavy atom. The van der Waals surface area contributed by atoms with Gasteiger partial charge in [0.2, 0.25) is 6.10 Å². The molecule has 2 unspecified atom stereocenters. The third-order valence-corrected chi connectivity index (χ3v) is 11.1. The molecule has 2 aliphatic carbocycles. The van der Waals surface area contributed by atoms with Gasteiger partial charge in [0.15, 0.2) is 40.2 Å². The van der Waals surface area contributed by atoms with Gasteiger partial charge < -0.3 is 56.0 Å². The number of unbranched alkanes of at least 4 members (excludes halogenated alkanes) is 2. The van der Waals surface area contributed by atoms with Crippen LogP contribution in [0.2, 0.25) is 0 Å². The van der Waals surface area contributed by atoms with Gasteiger partial charge in [0.1, 0.15) is 5.75 Å². The summed E-state index contributed by atoms with van der Waals surface area (Å²) in [7, 11) is 0. The van der Waals surface area contributed by atoms with Crippen LogP contribution in [0.25, 0.3) is 28.3 Å². The fourth-order valence-electron chi connectivity index (χ4n) is 8.16. The van der Waals surface area contributed by atoms with E-state index in [1.807, 2.05) is 19.1 Å². The zero-order valence-corrected chi connectivity index (χ0v) is 32.4. The van der Waals surface area contributed by atoms with Gasteiger partial charge in [-0.3, -0.25) is 0 Å². The zero-order valence-electron chi connectivity index (χ0n) is 32.4. The molecule has 0 spiro atoms. The second-order valence-electron chi connectivity index (χ2n) is 14.8. The summed E-state index contributed by atoms with van der Waals surface area (Å²) >= 11 is 0. The Kier molecular flexibility index (Phi) is 12.4. The van der Waals surface area contributed by atoms with Crippen molar-refractivity contribution in [1.29, 1.82) is 0 Å². The van der Waals surface area contributed by atoms with Gasteiger partial charge >= 0.3 is 11.9 Å². The van der Waals surface area contributed by atoms with E-state index in [0.29, 0.717) is 84.0 Å². The molecular weight excluding hydrogens is 746 g/mol. The van der Waals surface area contributed by atoms with Gasteiger partial charge in [-0.05, 0) is 126 Å². The van der Waals surface area contributed by atoms with E-state index in [0.717, 1.165) is 41.7 Å². The molecule has 0 saturated carbocycles. The number of hydrogen-bond acceptors (Lipinski definition) is 12. The normalized spacial score (nSPS) is 14.7. The van der Waals surface area contributed by atoms with Gasteiger partial charge in [-0.15, -0.1) is 0 Å². The Morgan fingerprint density at radius 2 is 1.43 bits per heavy atom. The first-order valence-electron chi connectivity index (χ1n) is 19.5. The molecule has 0 heterocycles. The number of fused-ring (bicyclic) bond motifs is 4. The second kappa shape index (κ2) is 17.4. The fourth-order valence-corrected chi connectivity index (χ4v) is 8.16. The number of aliphatic carboxylic acids is 1. The van der Waals surface area contributed by atoms with E-state index < -0.39 is 47.0 Å². The molecule has 4 aromatic carbocycles. The highest BCUT2D eigenvalue weighted by Crippen LogP contribution is 2.50. The Labute approximate surface area is 335 Å². The standard InChI is InChI=1S/C45H49NO12/c1-3-5-6-9-23(19-39(52)58-44(45(56)57)33(22-46-4-2)25-17-35(48)43(55)36(49)18-25)30-20-37(50)41(53)28-15-14-24(16-32(28)30)31-21-38(51)42(54)29-12-7-10-26-27(40(29)31)11-8-13-34(26)47/h8,11,13,16-21,33,44,46-51,53-55H,3-7,9-10,12,14-15,22H2,1-2H3,(H,56,57). The highest BCUT2D eigenvalue weighted by molar-refractivity contribution is 5.99. The third-order valence-electron chi connectivity index (χ3n) is 11.1. The van der Waals surface area contributed by atoms with Crippen LogP contribution in [-0.4, -0.2) is 77.1 Å². The maximum Gasteiger partial charge on any atom is 0.345 e. The number of carboxylic acid groups (broad SMARTS) is 1. The number of benzene rings is 4. The molecule has 2 atom stereocenters. The lowest BCUT2D eigenvalue weighted by molar-refractivity contribution is -0.162. The van der Waals surface area contributed by atoms with Crippen LogP contribution >= 0.6 is 0 Å². The van der Waals surface area contributed by atoms with E-state index in [4.69, 9.17) is 4.74 Å². The first-order chi connectivity index (χ1) is 27.7. The van der Waals surface area contributed by atoms with Crippen LogP contribution in [0.3, 0.4) is 0 Å². The van der Waals surface area contributed by atoms with Crippen molar-refractivity contribution in [1.82, 2.24) is 5.32 Å². The molecule has 6 rings (SSSR count). The van der Waals surface area contributed by atoms with Gasteiger partial charge in [-0.1, -0.05) is 44.9 Å². The molecule has 13 nitrogen and oxygen atoms in total. The fraction of sp³-hybridized carbons (Fsp3) is 0.333. The van der Waals surface area contributed by atoms with Crippen molar-refractivity contribution in [3.8, 4) is 57.1 Å². The summed E-state index contributed by atoms with van der Waals surface area (Å²) in [6.07, 6.45) is 5.95. The van der Waals surface area contributed by atoms with E-state index in [1.165, 1.54) is 18.2 Å². The Hall–Kier alpha value is -6.34. The van der Waals surface area contributed by atoms with Gasteiger partial charge in [0.25, 0.3) is 0 Å². The smallest absolute Gasteiger partial charge is 0.345 e. The topological polar surface area (TPSA) is 237 Å². The molecule has 0 saturated heterocycles. The largest absolute Gasteiger partial charge is 0.508 e. The molecule has 306 valence electrons. The minimum Gasteiger partial charge on any atom is -0.508 e. The summed E-state index contributed by atoms with van der Waals surface area (Å²) in [6, 6.07) is 10.2. The Bertz CT molecular complexity index is 2290. The summed E-state index contributed by atoms with van der Waals surface area (Å²) < 4.78 is 5.64. The van der Waals surface area contributed by atoms with E-state index in [2.05, 4.69) is 5.32 Å². The predicted molar refractivity (Wildman–Crippen MR) is 217 cm³/mol. The van der Waals surface area contributed by atoms with Crippen molar-refractivity contribution < 1.29 is 60.3 Å². The number of ether oxygens (including phenoxy) is 1. The number of nitrogens with one attached hydrogen (secondary N) is 1. The van der Waals surface area contributed by atoms with Gasteiger partial charge in [-0.25, -0.2) is 9.59 Å². The summed E-state index contributed by atoms with van der Waals surface area (Å²) in [6.45, 7) is 4.18. The highest BCUT2D eigenvalue weighted by atomic mass is 16.6. The molecule has 2 aliphatic rings. The SMILES string of the molecule is CCCCCC(=CC(=O)OC(C(=O)O)C(CNCC)c1cc(O)c(O)c(O)c1)c1cc(O)c(O)c2c1C=C(c1cc(O)c(O)c3c1-c1cccc(O)c1CCC3)CC2. The maximum absolute atomic E-state index is 13.9. The van der Waals surface area contributed by atoms with Crippen molar-refractivity contribution in [3.63, 3.8) is 0 Å². The summed E-state index contributed by atoms with van der Waals surface area (Å²) in [5.41, 5.74) is 5.80. The molecule has 0 amide bonds. The number of carboxylic acids is 1. The number of hydrogen-bond donors (Lipinski definition) is 10. The van der Waals surface area contributed by atoms with Gasteiger partial charge in [0, 0.05) is 35.2 Å². The monoisotopic (exact) mass is 795 g/mol. The van der Waals surface area contributed by atoms with Crippen molar-refractivity contribution in [2.24, 2.45) is 0 Å². The average Bonchev–Trinajstić information content (AvgIpc) is 3.40. The van der Waals surface area contributed by atoms with E-state index in [9.17, 15) is 55.5 Å². The lowest BCUT2D eigenvalue weighted by atomic mass is 9.80. The lowest BCUT2D eigenvalue weighted by Crippen LogP contribution is -2.38. The lowest BCUT2D eigenvalue weighted by Gasteiger charge is -2.26. The minimum atomic E-state index is -1.81. The molecule has 0 aliphatic heterocycles. The van der Waals surface area contributed by atoms with E-state index in [-0.39, 0.29) is 41.5 Å². The quantitative estimate of drug-likeness (QED) is 0.0261. The Morgan fingerprint density at radius 3 is 2.12 bits per heavy atom. The minimum absolute atomic E-state index is 0.0367. The number of likely N-dealkylation sites (N-methyl/N-ethyl adjacent to an activating group) is 1. The highest BCUT2D eigenvalue weighted by Gasteiger charge is 2.35. The third kappa shape index (κ3) is 8.21. The van der Waals surface area contributed by atoms with Crippen LogP contribution in [0.5, 0.6) is 46.0 Å². The molecule has 0 fully saturated rings. The second-order valence-corrected chi connectivity index (χ2v) is 14.8. The number of carbonyl (C=O) groups excluding carboxylic acids is 1. The van der Waals surface area contributed by atoms with E-state index in [1.54, 1.807) is 19.1 Å². The molecule has 13 heteroatoms. The number of phenols is 8. The molecule has 0 radical (unpaired) electrons. The summed E-state index contributed by atoms with van der Waals surface area (Å²) in [5, 5.41) is 98.7. The van der Waals surface area contributed by atoms with Crippen molar-refractivity contribution >= 4 is 29.2 Å². The first-order valence-corrected chi connectivity index (χ1v) is 19.5. The number of allylic oxidation sites excluding steroid dienone is 2. The molecule has 0 bridgehead atoms. The van der Waals surface area contributed by atoms with Crippen LogP contribution in [-0.2, 0) is 33.6 Å². The molecular formula is C45H49NO12. The molecule has 4 aromatic rings. The predicted octanol–water partition coefficient (Wildman–Crippen LogP) is 7.33. The van der Waals surface area contributed by atoms with Crippen LogP contribution in [0.4, 0.5) is 0 Å². The van der Waals surface area contributed by atoms with Crippen molar-refractivity contribution in [2.45, 2.75) is 83.7 Å². The van der Waals surface area contributed by atoms with Crippen molar-refractivity contribution in [2.75, 3.05) is 13.1 Å². The molecule has 0 aromatic heterocycles. The average molecular weight is 796 g/mol. The Balaban J connectivity index is 1.47.